The van der Waals surface area contributed by atoms with Gasteiger partial charge in [-0.15, -0.1) is 0 Å². The maximum absolute atomic E-state index is 11.7. The summed E-state index contributed by atoms with van der Waals surface area (Å²) in [7, 11) is 0. The minimum absolute atomic E-state index is 0.182. The van der Waals surface area contributed by atoms with Crippen molar-refractivity contribution in [2.45, 2.75) is 19.0 Å². The molecule has 1 fully saturated rings. The molecule has 0 radical (unpaired) electrons. The lowest BCUT2D eigenvalue weighted by atomic mass is 9.95. The van der Waals surface area contributed by atoms with E-state index in [4.69, 9.17) is 16.7 Å². The number of carboxylic acid groups (broad SMARTS) is 1. The summed E-state index contributed by atoms with van der Waals surface area (Å²) in [4.78, 5) is 22.5. The topological polar surface area (TPSA) is 78.4 Å². The lowest BCUT2D eigenvalue weighted by molar-refractivity contribution is -0.122. The van der Waals surface area contributed by atoms with Crippen LogP contribution in [0, 0.1) is 5.92 Å². The molecule has 1 saturated heterocycles. The van der Waals surface area contributed by atoms with E-state index in [9.17, 15) is 9.59 Å². The highest BCUT2D eigenvalue weighted by Crippen LogP contribution is 2.32. The van der Waals surface area contributed by atoms with Crippen molar-refractivity contribution >= 4 is 23.6 Å². The first-order valence-electron chi connectivity index (χ1n) is 5.55. The molecule has 0 bridgehead atoms. The van der Waals surface area contributed by atoms with Crippen molar-refractivity contribution in [2.24, 2.45) is 5.92 Å². The second-order valence-corrected chi connectivity index (χ2v) is 4.68. The normalized spacial score (nSPS) is 26.8. The fourth-order valence-electron chi connectivity index (χ4n) is 2.18. The second-order valence-electron chi connectivity index (χ2n) is 4.27. The largest absolute Gasteiger partial charge is 0.465 e. The van der Waals surface area contributed by atoms with Gasteiger partial charge >= 0.3 is 6.09 Å². The van der Waals surface area contributed by atoms with Crippen LogP contribution in [0.4, 0.5) is 4.79 Å². The molecule has 96 valence electrons. The zero-order valence-corrected chi connectivity index (χ0v) is 10.4. The lowest BCUT2D eigenvalue weighted by Gasteiger charge is -2.22. The molecule has 0 aromatic heterocycles. The third kappa shape index (κ3) is 2.26. The number of carbonyl (C=O) groups is 2. The van der Waals surface area contributed by atoms with Crippen molar-refractivity contribution in [3.05, 3.63) is 34.9 Å². The average molecular weight is 269 g/mol. The highest BCUT2D eigenvalue weighted by Gasteiger charge is 2.41. The van der Waals surface area contributed by atoms with Crippen molar-refractivity contribution in [3.63, 3.8) is 0 Å². The molecule has 3 N–H and O–H groups in total. The molecule has 0 unspecified atom stereocenters. The first-order valence-corrected chi connectivity index (χ1v) is 5.92. The molecule has 3 atom stereocenters. The molecular formula is C12H13ClN2O3. The zero-order chi connectivity index (χ0) is 13.3. The molecule has 2 amide bonds. The monoisotopic (exact) mass is 268 g/mol. The van der Waals surface area contributed by atoms with Crippen LogP contribution in [-0.4, -0.2) is 23.1 Å². The standard InChI is InChI=1S/C12H13ClN2O3/c1-6-9(15-12(17)18)10(14-11(6)16)7-4-2-3-5-8(7)13/h2-6,9-10,15H,1H3,(H,14,16)(H,17,18)/t6-,9-,10-/m0/s1. The fourth-order valence-corrected chi connectivity index (χ4v) is 2.43. The Hall–Kier alpha value is -1.75. The summed E-state index contributed by atoms with van der Waals surface area (Å²) >= 11 is 6.08. The number of benzene rings is 1. The number of rotatable bonds is 2. The van der Waals surface area contributed by atoms with E-state index in [0.29, 0.717) is 5.02 Å². The molecule has 1 heterocycles. The molecule has 1 aliphatic heterocycles. The van der Waals surface area contributed by atoms with E-state index in [1.807, 2.05) is 0 Å². The van der Waals surface area contributed by atoms with Gasteiger partial charge in [-0.1, -0.05) is 36.7 Å². The van der Waals surface area contributed by atoms with Crippen molar-refractivity contribution in [1.82, 2.24) is 10.6 Å². The molecule has 6 heteroatoms. The van der Waals surface area contributed by atoms with Gasteiger partial charge in [0.2, 0.25) is 5.91 Å². The molecule has 0 aliphatic carbocycles. The van der Waals surface area contributed by atoms with Crippen LogP contribution in [0.3, 0.4) is 0 Å². The Morgan fingerprint density at radius 1 is 1.44 bits per heavy atom. The number of hydrogen-bond acceptors (Lipinski definition) is 2. The van der Waals surface area contributed by atoms with Gasteiger partial charge in [-0.3, -0.25) is 4.79 Å². The van der Waals surface area contributed by atoms with Crippen molar-refractivity contribution < 1.29 is 14.7 Å². The van der Waals surface area contributed by atoms with Crippen LogP contribution in [0.5, 0.6) is 0 Å². The summed E-state index contributed by atoms with van der Waals surface area (Å²) in [5, 5.41) is 14.5. The third-order valence-electron chi connectivity index (χ3n) is 3.14. The van der Waals surface area contributed by atoms with Gasteiger partial charge in [-0.2, -0.15) is 0 Å². The van der Waals surface area contributed by atoms with E-state index in [-0.39, 0.29) is 5.91 Å². The molecule has 1 aromatic rings. The first-order chi connectivity index (χ1) is 8.50. The minimum atomic E-state index is -1.15. The van der Waals surface area contributed by atoms with E-state index < -0.39 is 24.1 Å². The zero-order valence-electron chi connectivity index (χ0n) is 9.68. The number of halogens is 1. The van der Waals surface area contributed by atoms with Gasteiger partial charge in [0.1, 0.15) is 0 Å². The van der Waals surface area contributed by atoms with Gasteiger partial charge < -0.3 is 15.7 Å². The second kappa shape index (κ2) is 4.86. The van der Waals surface area contributed by atoms with E-state index in [1.54, 1.807) is 31.2 Å². The quantitative estimate of drug-likeness (QED) is 0.765. The van der Waals surface area contributed by atoms with Crippen LogP contribution in [0.2, 0.25) is 5.02 Å². The average Bonchev–Trinajstić information content (AvgIpc) is 2.57. The predicted octanol–water partition coefficient (Wildman–Crippen LogP) is 1.78. The first kappa shape index (κ1) is 12.7. The molecule has 18 heavy (non-hydrogen) atoms. The highest BCUT2D eigenvalue weighted by molar-refractivity contribution is 6.31. The Labute approximate surface area is 109 Å². The lowest BCUT2D eigenvalue weighted by Crippen LogP contribution is -2.40. The summed E-state index contributed by atoms with van der Waals surface area (Å²) in [6.07, 6.45) is -1.15. The highest BCUT2D eigenvalue weighted by atomic mass is 35.5. The van der Waals surface area contributed by atoms with Gasteiger partial charge in [0.25, 0.3) is 0 Å². The summed E-state index contributed by atoms with van der Waals surface area (Å²) in [5.41, 5.74) is 0.718. The Morgan fingerprint density at radius 3 is 2.72 bits per heavy atom. The SMILES string of the molecule is C[C@@H]1C(=O)N[C@@H](c2ccccc2Cl)[C@H]1NC(=O)O. The van der Waals surface area contributed by atoms with E-state index in [0.717, 1.165) is 5.56 Å². The van der Waals surface area contributed by atoms with Crippen molar-refractivity contribution in [1.29, 1.82) is 0 Å². The van der Waals surface area contributed by atoms with Crippen LogP contribution in [0.15, 0.2) is 24.3 Å². The van der Waals surface area contributed by atoms with Crippen LogP contribution in [0.25, 0.3) is 0 Å². The maximum atomic E-state index is 11.7. The van der Waals surface area contributed by atoms with Crippen LogP contribution in [-0.2, 0) is 4.79 Å². The summed E-state index contributed by atoms with van der Waals surface area (Å²) in [6, 6.07) is 6.12. The van der Waals surface area contributed by atoms with Crippen LogP contribution < -0.4 is 10.6 Å². The molecule has 5 nitrogen and oxygen atoms in total. The molecule has 0 saturated carbocycles. The molecular weight excluding hydrogens is 256 g/mol. The molecule has 0 spiro atoms. The predicted molar refractivity (Wildman–Crippen MR) is 66.4 cm³/mol. The van der Waals surface area contributed by atoms with Gasteiger partial charge in [0.15, 0.2) is 0 Å². The smallest absolute Gasteiger partial charge is 0.404 e. The minimum Gasteiger partial charge on any atom is -0.465 e. The van der Waals surface area contributed by atoms with Crippen LogP contribution in [0.1, 0.15) is 18.5 Å². The fraction of sp³-hybridized carbons (Fsp3) is 0.333. The number of nitrogens with one attached hydrogen (secondary N) is 2. The van der Waals surface area contributed by atoms with Crippen LogP contribution >= 0.6 is 11.6 Å². The van der Waals surface area contributed by atoms with Gasteiger partial charge in [-0.05, 0) is 11.6 Å². The van der Waals surface area contributed by atoms with E-state index >= 15 is 0 Å². The Morgan fingerprint density at radius 2 is 2.11 bits per heavy atom. The molecule has 1 aliphatic rings. The van der Waals surface area contributed by atoms with E-state index in [1.165, 1.54) is 0 Å². The molecule has 2 rings (SSSR count). The van der Waals surface area contributed by atoms with Gasteiger partial charge in [0, 0.05) is 5.02 Å². The summed E-state index contributed by atoms with van der Waals surface area (Å²) in [5.74, 6) is -0.610. The van der Waals surface area contributed by atoms with Crippen molar-refractivity contribution in [3.8, 4) is 0 Å². The summed E-state index contributed by atoms with van der Waals surface area (Å²) in [6.45, 7) is 1.69. The number of carbonyl (C=O) groups excluding carboxylic acids is 1. The third-order valence-corrected chi connectivity index (χ3v) is 3.48. The van der Waals surface area contributed by atoms with E-state index in [2.05, 4.69) is 10.6 Å². The van der Waals surface area contributed by atoms with Gasteiger partial charge in [0.05, 0.1) is 18.0 Å². The summed E-state index contributed by atoms with van der Waals surface area (Å²) < 4.78 is 0. The van der Waals surface area contributed by atoms with Gasteiger partial charge in [-0.25, -0.2) is 4.79 Å². The Bertz CT molecular complexity index is 492. The number of amides is 2. The molecule has 1 aromatic carbocycles. The maximum Gasteiger partial charge on any atom is 0.404 e. The Kier molecular flexibility index (Phi) is 3.43. The van der Waals surface area contributed by atoms with Crippen molar-refractivity contribution in [2.75, 3.05) is 0 Å². The number of hydrogen-bond donors (Lipinski definition) is 3. The Balaban J connectivity index is 2.33.